The van der Waals surface area contributed by atoms with Crippen LogP contribution in [0.3, 0.4) is 0 Å². The number of nitrogens with zero attached hydrogens (tertiary/aromatic N) is 2. The van der Waals surface area contributed by atoms with Gasteiger partial charge in [0.1, 0.15) is 5.84 Å². The van der Waals surface area contributed by atoms with Gasteiger partial charge in [0, 0.05) is 30.4 Å². The minimum atomic E-state index is 0.145. The zero-order chi connectivity index (χ0) is 13.3. The van der Waals surface area contributed by atoms with E-state index in [9.17, 15) is 0 Å². The van der Waals surface area contributed by atoms with Gasteiger partial charge in [-0.25, -0.2) is 0 Å². The standard InChI is InChI=1S/C14H22N4/c1-10-8-11(4-5-13(10)14(15)16)18-7-6-12(9-18)17(2)3/h4-5,8,12H,6-7,9H2,1-3H3,(H3,15,16). The van der Waals surface area contributed by atoms with Gasteiger partial charge >= 0.3 is 0 Å². The van der Waals surface area contributed by atoms with Gasteiger partial charge in [0.2, 0.25) is 0 Å². The number of likely N-dealkylation sites (N-methyl/N-ethyl adjacent to an activating group) is 1. The lowest BCUT2D eigenvalue weighted by Gasteiger charge is -2.22. The Morgan fingerprint density at radius 2 is 2.17 bits per heavy atom. The highest BCUT2D eigenvalue weighted by atomic mass is 15.2. The van der Waals surface area contributed by atoms with Gasteiger partial charge in [0.15, 0.2) is 0 Å². The summed E-state index contributed by atoms with van der Waals surface area (Å²) in [6.07, 6.45) is 1.21. The Morgan fingerprint density at radius 3 is 2.67 bits per heavy atom. The molecule has 1 aromatic carbocycles. The summed E-state index contributed by atoms with van der Waals surface area (Å²) in [7, 11) is 4.27. The molecule has 1 fully saturated rings. The molecule has 1 heterocycles. The maximum atomic E-state index is 7.50. The lowest BCUT2D eigenvalue weighted by atomic mass is 10.1. The molecule has 1 saturated heterocycles. The topological polar surface area (TPSA) is 56.4 Å². The molecular formula is C14H22N4. The summed E-state index contributed by atoms with van der Waals surface area (Å²) in [6.45, 7) is 4.19. The third-order valence-electron chi connectivity index (χ3n) is 3.76. The van der Waals surface area contributed by atoms with E-state index in [1.54, 1.807) is 0 Å². The Bertz CT molecular complexity index is 453. The van der Waals surface area contributed by atoms with Gasteiger partial charge in [-0.2, -0.15) is 0 Å². The highest BCUT2D eigenvalue weighted by molar-refractivity contribution is 5.96. The Hall–Kier alpha value is -1.55. The number of anilines is 1. The average Bonchev–Trinajstić information content (AvgIpc) is 2.77. The molecule has 1 aliphatic rings. The van der Waals surface area contributed by atoms with Gasteiger partial charge in [-0.1, -0.05) is 0 Å². The molecule has 3 N–H and O–H groups in total. The predicted octanol–water partition coefficient (Wildman–Crippen LogP) is 1.42. The fraction of sp³-hybridized carbons (Fsp3) is 0.500. The van der Waals surface area contributed by atoms with E-state index in [0.29, 0.717) is 6.04 Å². The molecule has 4 heteroatoms. The minimum Gasteiger partial charge on any atom is -0.384 e. The molecule has 2 rings (SSSR count). The summed E-state index contributed by atoms with van der Waals surface area (Å²) >= 11 is 0. The van der Waals surface area contributed by atoms with Crippen LogP contribution < -0.4 is 10.6 Å². The number of aryl methyl sites for hydroxylation is 1. The summed E-state index contributed by atoms with van der Waals surface area (Å²) in [5, 5.41) is 7.50. The quantitative estimate of drug-likeness (QED) is 0.626. The van der Waals surface area contributed by atoms with Crippen molar-refractivity contribution in [2.75, 3.05) is 32.1 Å². The normalized spacial score (nSPS) is 19.6. The van der Waals surface area contributed by atoms with Crippen molar-refractivity contribution in [2.45, 2.75) is 19.4 Å². The van der Waals surface area contributed by atoms with Crippen LogP contribution in [0.5, 0.6) is 0 Å². The van der Waals surface area contributed by atoms with E-state index in [1.807, 2.05) is 13.0 Å². The number of amidine groups is 1. The zero-order valence-electron chi connectivity index (χ0n) is 11.4. The number of nitrogens with one attached hydrogen (secondary N) is 1. The van der Waals surface area contributed by atoms with Crippen molar-refractivity contribution in [3.63, 3.8) is 0 Å². The second-order valence-corrected chi connectivity index (χ2v) is 5.27. The highest BCUT2D eigenvalue weighted by Gasteiger charge is 2.24. The Labute approximate surface area is 109 Å². The number of nitrogens with two attached hydrogens (primary N) is 1. The van der Waals surface area contributed by atoms with Crippen molar-refractivity contribution in [1.29, 1.82) is 5.41 Å². The molecule has 0 aliphatic carbocycles. The Kier molecular flexibility index (Phi) is 3.57. The molecule has 1 aliphatic heterocycles. The van der Waals surface area contributed by atoms with E-state index >= 15 is 0 Å². The molecule has 0 radical (unpaired) electrons. The average molecular weight is 246 g/mol. The van der Waals surface area contributed by atoms with Crippen molar-refractivity contribution >= 4 is 11.5 Å². The van der Waals surface area contributed by atoms with Crippen LogP contribution in [-0.2, 0) is 0 Å². The van der Waals surface area contributed by atoms with E-state index in [2.05, 4.69) is 36.0 Å². The van der Waals surface area contributed by atoms with Gasteiger partial charge < -0.3 is 15.5 Å². The molecule has 0 saturated carbocycles. The van der Waals surface area contributed by atoms with Crippen LogP contribution in [0.25, 0.3) is 0 Å². The van der Waals surface area contributed by atoms with Crippen molar-refractivity contribution in [3.8, 4) is 0 Å². The summed E-state index contributed by atoms with van der Waals surface area (Å²) in [6, 6.07) is 6.80. The third kappa shape index (κ3) is 2.48. The van der Waals surface area contributed by atoms with E-state index in [-0.39, 0.29) is 5.84 Å². The van der Waals surface area contributed by atoms with E-state index < -0.39 is 0 Å². The van der Waals surface area contributed by atoms with Crippen LogP contribution >= 0.6 is 0 Å². The van der Waals surface area contributed by atoms with Crippen molar-refractivity contribution < 1.29 is 0 Å². The molecular weight excluding hydrogens is 224 g/mol. The van der Waals surface area contributed by atoms with Crippen LogP contribution in [0.2, 0.25) is 0 Å². The maximum Gasteiger partial charge on any atom is 0.123 e. The minimum absolute atomic E-state index is 0.145. The largest absolute Gasteiger partial charge is 0.384 e. The predicted molar refractivity (Wildman–Crippen MR) is 76.5 cm³/mol. The van der Waals surface area contributed by atoms with Crippen LogP contribution in [0.1, 0.15) is 17.5 Å². The summed E-state index contributed by atoms with van der Waals surface area (Å²) in [4.78, 5) is 4.69. The van der Waals surface area contributed by atoms with Crippen LogP contribution in [0, 0.1) is 12.3 Å². The first kappa shape index (κ1) is 12.9. The van der Waals surface area contributed by atoms with Crippen LogP contribution in [0.4, 0.5) is 5.69 Å². The smallest absolute Gasteiger partial charge is 0.123 e. The summed E-state index contributed by atoms with van der Waals surface area (Å²) < 4.78 is 0. The fourth-order valence-corrected chi connectivity index (χ4v) is 2.54. The number of nitrogen functional groups attached to an aromatic ring is 1. The number of hydrogen-bond donors (Lipinski definition) is 2. The van der Waals surface area contributed by atoms with E-state index in [0.717, 1.165) is 24.2 Å². The molecule has 0 bridgehead atoms. The first-order chi connectivity index (χ1) is 8.49. The molecule has 1 atom stereocenters. The number of benzene rings is 1. The first-order valence-corrected chi connectivity index (χ1v) is 6.35. The van der Waals surface area contributed by atoms with E-state index in [1.165, 1.54) is 12.1 Å². The molecule has 18 heavy (non-hydrogen) atoms. The van der Waals surface area contributed by atoms with E-state index in [4.69, 9.17) is 11.1 Å². The molecule has 4 nitrogen and oxygen atoms in total. The van der Waals surface area contributed by atoms with Gasteiger partial charge in [0.05, 0.1) is 0 Å². The second kappa shape index (κ2) is 4.98. The molecule has 1 unspecified atom stereocenters. The van der Waals surface area contributed by atoms with Crippen molar-refractivity contribution in [3.05, 3.63) is 29.3 Å². The lowest BCUT2D eigenvalue weighted by molar-refractivity contribution is 0.315. The first-order valence-electron chi connectivity index (χ1n) is 6.35. The van der Waals surface area contributed by atoms with Crippen LogP contribution in [0.15, 0.2) is 18.2 Å². The highest BCUT2D eigenvalue weighted by Crippen LogP contribution is 2.24. The van der Waals surface area contributed by atoms with Gasteiger partial charge in [-0.05, 0) is 51.2 Å². The van der Waals surface area contributed by atoms with Crippen molar-refractivity contribution in [2.24, 2.45) is 5.73 Å². The SMILES string of the molecule is Cc1cc(N2CCC(N(C)C)C2)ccc1C(=N)N. The molecule has 0 aromatic heterocycles. The third-order valence-corrected chi connectivity index (χ3v) is 3.76. The fourth-order valence-electron chi connectivity index (χ4n) is 2.54. The molecule has 0 spiro atoms. The lowest BCUT2D eigenvalue weighted by Crippen LogP contribution is -2.31. The van der Waals surface area contributed by atoms with Crippen LogP contribution in [-0.4, -0.2) is 44.0 Å². The van der Waals surface area contributed by atoms with Crippen molar-refractivity contribution in [1.82, 2.24) is 4.90 Å². The van der Waals surface area contributed by atoms with Gasteiger partial charge in [0.25, 0.3) is 0 Å². The number of hydrogen-bond acceptors (Lipinski definition) is 3. The molecule has 1 aromatic rings. The maximum absolute atomic E-state index is 7.50. The monoisotopic (exact) mass is 246 g/mol. The molecule has 98 valence electrons. The summed E-state index contributed by atoms with van der Waals surface area (Å²) in [5.74, 6) is 0.145. The molecule has 0 amide bonds. The van der Waals surface area contributed by atoms with Gasteiger partial charge in [-0.3, -0.25) is 5.41 Å². The second-order valence-electron chi connectivity index (χ2n) is 5.27. The Balaban J connectivity index is 2.16. The number of rotatable bonds is 3. The Morgan fingerprint density at radius 1 is 1.44 bits per heavy atom. The zero-order valence-corrected chi connectivity index (χ0v) is 11.4. The summed E-state index contributed by atoms with van der Waals surface area (Å²) in [5.41, 5.74) is 8.69. The van der Waals surface area contributed by atoms with Gasteiger partial charge in [-0.15, -0.1) is 0 Å².